The van der Waals surface area contributed by atoms with Crippen LogP contribution in [0.25, 0.3) is 0 Å². The van der Waals surface area contributed by atoms with Crippen LogP contribution in [0.3, 0.4) is 0 Å². The van der Waals surface area contributed by atoms with Crippen molar-refractivity contribution in [1.29, 1.82) is 0 Å². The average Bonchev–Trinajstić information content (AvgIpc) is 2.79. The highest BCUT2D eigenvalue weighted by atomic mass is 35.5. The number of carbonyl (C=O) groups excluding carboxylic acids is 3. The van der Waals surface area contributed by atoms with Crippen LogP contribution in [0.15, 0.2) is 18.2 Å². The summed E-state index contributed by atoms with van der Waals surface area (Å²) in [6.45, 7) is 11.0. The molecule has 0 bridgehead atoms. The number of ether oxygens (including phenoxy) is 2. The van der Waals surface area contributed by atoms with Crippen LogP contribution in [0, 0.1) is 0 Å². The number of likely N-dealkylation sites (tertiary alicyclic amines) is 1. The number of carbonyl (C=O) groups is 3. The van der Waals surface area contributed by atoms with E-state index < -0.39 is 44.1 Å². The molecule has 0 N–H and O–H groups in total. The van der Waals surface area contributed by atoms with Crippen molar-refractivity contribution < 1.29 is 37.0 Å². The second-order valence-corrected chi connectivity index (χ2v) is 16.5. The first-order chi connectivity index (χ1) is 17.5. The van der Waals surface area contributed by atoms with Crippen molar-refractivity contribution in [2.24, 2.45) is 0 Å². The van der Waals surface area contributed by atoms with Gasteiger partial charge in [-0.05, 0) is 56.9 Å². The maximum Gasteiger partial charge on any atom is 0.416 e. The molecule has 2 rings (SSSR count). The Bertz CT molecular complexity index is 1020. The van der Waals surface area contributed by atoms with Crippen molar-refractivity contribution in [3.05, 3.63) is 34.3 Å². The highest BCUT2D eigenvalue weighted by Gasteiger charge is 2.44. The van der Waals surface area contributed by atoms with E-state index in [2.05, 4.69) is 0 Å². The van der Waals surface area contributed by atoms with E-state index in [-0.39, 0.29) is 47.5 Å². The van der Waals surface area contributed by atoms with Gasteiger partial charge >= 0.3 is 18.4 Å². The van der Waals surface area contributed by atoms with Crippen LogP contribution in [0.5, 0.6) is 0 Å². The first-order valence-corrected chi connectivity index (χ1v) is 16.6. The molecule has 12 heteroatoms. The molecule has 1 saturated heterocycles. The van der Waals surface area contributed by atoms with Gasteiger partial charge < -0.3 is 24.1 Å². The Labute approximate surface area is 228 Å². The third-order valence-corrected chi connectivity index (χ3v) is 8.73. The van der Waals surface area contributed by atoms with E-state index in [0.29, 0.717) is 12.8 Å². The van der Waals surface area contributed by atoms with Gasteiger partial charge in [0.05, 0.1) is 18.8 Å². The molecule has 0 aromatic heterocycles. The molecule has 7 nitrogen and oxygen atoms in total. The SMILES string of the molecule is CC[C@@H]1C[C@H](N(Cc2cc(Cl)cc(C(F)(F)F)c2)C(=O)OC)C[C@H](CC(=O)[Si](C)(C)C)N1C(=O)OC(C)C. The summed E-state index contributed by atoms with van der Waals surface area (Å²) in [4.78, 5) is 42.1. The van der Waals surface area contributed by atoms with Gasteiger partial charge in [-0.2, -0.15) is 13.2 Å². The molecular formula is C26H38ClF3N2O5Si. The van der Waals surface area contributed by atoms with Gasteiger partial charge in [0, 0.05) is 36.1 Å². The highest BCUT2D eigenvalue weighted by Crippen LogP contribution is 2.35. The molecule has 0 saturated carbocycles. The first kappa shape index (κ1) is 31.9. The van der Waals surface area contributed by atoms with E-state index >= 15 is 0 Å². The number of hydrogen-bond donors (Lipinski definition) is 0. The molecule has 1 aliphatic heterocycles. The summed E-state index contributed by atoms with van der Waals surface area (Å²) < 4.78 is 50.7. The molecule has 38 heavy (non-hydrogen) atoms. The van der Waals surface area contributed by atoms with Gasteiger partial charge in [-0.25, -0.2) is 9.59 Å². The third-order valence-electron chi connectivity index (χ3n) is 6.64. The minimum atomic E-state index is -4.60. The number of piperidine rings is 1. The Hall–Kier alpha value is -2.27. The fourth-order valence-corrected chi connectivity index (χ4v) is 5.80. The molecule has 2 amide bonds. The van der Waals surface area contributed by atoms with Crippen LogP contribution >= 0.6 is 11.6 Å². The Morgan fingerprint density at radius 1 is 1.13 bits per heavy atom. The quantitative estimate of drug-likeness (QED) is 0.313. The van der Waals surface area contributed by atoms with Crippen molar-refractivity contribution in [3.8, 4) is 0 Å². The van der Waals surface area contributed by atoms with E-state index in [9.17, 15) is 27.6 Å². The summed E-state index contributed by atoms with van der Waals surface area (Å²) >= 11 is 5.98. The zero-order valence-corrected chi connectivity index (χ0v) is 24.8. The number of amides is 2. The fourth-order valence-electron chi connectivity index (χ4n) is 4.69. The largest absolute Gasteiger partial charge is 0.453 e. The maximum atomic E-state index is 13.4. The lowest BCUT2D eigenvalue weighted by molar-refractivity contribution is -0.137. The van der Waals surface area contributed by atoms with Crippen molar-refractivity contribution in [2.45, 2.75) is 103 Å². The van der Waals surface area contributed by atoms with Crippen LogP contribution in [0.2, 0.25) is 24.7 Å². The fraction of sp³-hybridized carbons (Fsp3) is 0.654. The number of rotatable bonds is 8. The predicted octanol–water partition coefficient (Wildman–Crippen LogP) is 6.92. The zero-order valence-electron chi connectivity index (χ0n) is 23.0. The first-order valence-electron chi connectivity index (χ1n) is 12.7. The number of benzene rings is 1. The zero-order chi connectivity index (χ0) is 29.0. The molecule has 0 radical (unpaired) electrons. The van der Waals surface area contributed by atoms with Gasteiger partial charge in [0.15, 0.2) is 0 Å². The summed E-state index contributed by atoms with van der Waals surface area (Å²) in [5.41, 5.74) is -0.722. The number of alkyl halides is 3. The standard InChI is InChI=1S/C26H38ClF3N2O5Si/c1-8-20-12-21(13-22(14-23(33)38(5,6)7)32(20)25(35)37-16(2)3)31(24(34)36-4)15-17-9-18(26(28,29)30)11-19(27)10-17/h9-11,16,20-22H,8,12-15H2,1-7H3/t20-,21+,22-/m1/s1. The molecule has 1 aromatic carbocycles. The number of halogens is 4. The van der Waals surface area contributed by atoms with E-state index in [1.807, 2.05) is 26.6 Å². The average molecular weight is 579 g/mol. The third kappa shape index (κ3) is 8.36. The van der Waals surface area contributed by atoms with E-state index in [1.54, 1.807) is 18.7 Å². The smallest absolute Gasteiger partial charge is 0.416 e. The van der Waals surface area contributed by atoms with Gasteiger partial charge in [0.1, 0.15) is 13.5 Å². The molecule has 214 valence electrons. The van der Waals surface area contributed by atoms with Crippen LogP contribution < -0.4 is 0 Å². The minimum absolute atomic E-state index is 0.0784. The summed E-state index contributed by atoms with van der Waals surface area (Å²) in [5, 5.41) is -0.0226. The van der Waals surface area contributed by atoms with Crippen molar-refractivity contribution in [3.63, 3.8) is 0 Å². The van der Waals surface area contributed by atoms with E-state index in [1.165, 1.54) is 18.1 Å². The molecule has 1 heterocycles. The topological polar surface area (TPSA) is 76.2 Å². The van der Waals surface area contributed by atoms with Gasteiger partial charge in [0.25, 0.3) is 0 Å². The second-order valence-electron chi connectivity index (χ2n) is 11.0. The summed E-state index contributed by atoms with van der Waals surface area (Å²) in [6.07, 6.45) is -4.95. The summed E-state index contributed by atoms with van der Waals surface area (Å²) in [6, 6.07) is 1.78. The monoisotopic (exact) mass is 578 g/mol. The maximum absolute atomic E-state index is 13.4. The summed E-state index contributed by atoms with van der Waals surface area (Å²) in [5.74, 6) is 0. The minimum Gasteiger partial charge on any atom is -0.453 e. The Balaban J connectivity index is 2.48. The van der Waals surface area contributed by atoms with Crippen LogP contribution in [-0.4, -0.2) is 66.8 Å². The molecular weight excluding hydrogens is 541 g/mol. The van der Waals surface area contributed by atoms with E-state index in [4.69, 9.17) is 21.1 Å². The lowest BCUT2D eigenvalue weighted by atomic mass is 9.87. The lowest BCUT2D eigenvalue weighted by Crippen LogP contribution is -2.59. The molecule has 0 spiro atoms. The van der Waals surface area contributed by atoms with Crippen molar-refractivity contribution in [1.82, 2.24) is 9.80 Å². The summed E-state index contributed by atoms with van der Waals surface area (Å²) in [7, 11) is -0.985. The van der Waals surface area contributed by atoms with Crippen LogP contribution in [0.4, 0.5) is 22.8 Å². The number of methoxy groups -OCH3 is 1. The van der Waals surface area contributed by atoms with Gasteiger partial charge in [0.2, 0.25) is 0 Å². The molecule has 1 fully saturated rings. The van der Waals surface area contributed by atoms with E-state index in [0.717, 1.165) is 12.1 Å². The molecule has 1 aromatic rings. The van der Waals surface area contributed by atoms with Gasteiger partial charge in [-0.1, -0.05) is 38.2 Å². The number of hydrogen-bond acceptors (Lipinski definition) is 5. The highest BCUT2D eigenvalue weighted by molar-refractivity contribution is 7.03. The Morgan fingerprint density at radius 3 is 2.24 bits per heavy atom. The van der Waals surface area contributed by atoms with Gasteiger partial charge in [-0.3, -0.25) is 0 Å². The molecule has 0 unspecified atom stereocenters. The molecule has 0 aliphatic carbocycles. The molecule has 1 aliphatic rings. The second kappa shape index (κ2) is 12.7. The Kier molecular flexibility index (Phi) is 10.7. The Morgan fingerprint density at radius 2 is 1.74 bits per heavy atom. The normalized spacial score (nSPS) is 20.3. The van der Waals surface area contributed by atoms with Gasteiger partial charge in [-0.15, -0.1) is 0 Å². The molecule has 3 atom stereocenters. The predicted molar refractivity (Wildman–Crippen MR) is 142 cm³/mol. The van der Waals surface area contributed by atoms with Crippen molar-refractivity contribution in [2.75, 3.05) is 7.11 Å². The number of nitrogens with zero attached hydrogens (tertiary/aromatic N) is 2. The van der Waals surface area contributed by atoms with Crippen molar-refractivity contribution >= 4 is 37.3 Å². The lowest BCUT2D eigenvalue weighted by Gasteiger charge is -2.47. The van der Waals surface area contributed by atoms with Crippen LogP contribution in [0.1, 0.15) is 57.6 Å². The van der Waals surface area contributed by atoms with Crippen LogP contribution in [-0.2, 0) is 27.0 Å².